The van der Waals surface area contributed by atoms with Gasteiger partial charge in [0.05, 0.1) is 18.3 Å². The number of benzene rings is 1. The van der Waals surface area contributed by atoms with E-state index in [1.54, 1.807) is 0 Å². The van der Waals surface area contributed by atoms with E-state index in [0.717, 1.165) is 18.7 Å². The van der Waals surface area contributed by atoms with Crippen LogP contribution in [0, 0.1) is 5.92 Å². The van der Waals surface area contributed by atoms with Crippen LogP contribution in [0.3, 0.4) is 0 Å². The van der Waals surface area contributed by atoms with Crippen molar-refractivity contribution in [2.45, 2.75) is 65.2 Å². The topological polar surface area (TPSA) is 59.0 Å². The number of carbonyl (C=O) groups is 1. The lowest BCUT2D eigenvalue weighted by molar-refractivity contribution is -0.123. The Kier molecular flexibility index (Phi) is 5.91. The van der Waals surface area contributed by atoms with E-state index >= 15 is 0 Å². The molecule has 2 N–H and O–H groups in total. The van der Waals surface area contributed by atoms with Gasteiger partial charge < -0.3 is 9.88 Å². The maximum Gasteiger partial charge on any atom is 0.237 e. The molecule has 30 heavy (non-hydrogen) atoms. The molecule has 5 heteroatoms. The second-order valence-electron chi connectivity index (χ2n) is 9.11. The average Bonchev–Trinajstić information content (AvgIpc) is 2.95. The van der Waals surface area contributed by atoms with Gasteiger partial charge in [0.25, 0.3) is 0 Å². The molecule has 1 aromatic carbocycles. The molecule has 3 heterocycles. The van der Waals surface area contributed by atoms with E-state index in [-0.39, 0.29) is 24.0 Å². The number of nitrogens with zero attached hydrogens (tertiary/aromatic N) is 2. The summed E-state index contributed by atoms with van der Waals surface area (Å²) in [6.45, 7) is 9.23. The third kappa shape index (κ3) is 4.26. The molecule has 1 aliphatic rings. The number of aromatic nitrogens is 2. The van der Waals surface area contributed by atoms with Crippen molar-refractivity contribution in [3.63, 3.8) is 0 Å². The van der Waals surface area contributed by atoms with Gasteiger partial charge in [0.1, 0.15) is 0 Å². The smallest absolute Gasteiger partial charge is 0.237 e. The summed E-state index contributed by atoms with van der Waals surface area (Å²) in [5.41, 5.74) is 4.79. The average molecular weight is 405 g/mol. The third-order valence-electron chi connectivity index (χ3n) is 5.73. The lowest BCUT2D eigenvalue weighted by atomic mass is 9.94. The van der Waals surface area contributed by atoms with Gasteiger partial charge in [0, 0.05) is 35.4 Å². The molecule has 5 nitrogen and oxygen atoms in total. The molecule has 158 valence electrons. The van der Waals surface area contributed by atoms with Crippen molar-refractivity contribution in [3.8, 4) is 0 Å². The number of pyridine rings is 1. The highest BCUT2D eigenvalue weighted by atomic mass is 16.2. The molecule has 0 radical (unpaired) electrons. The minimum atomic E-state index is -0.238. The van der Waals surface area contributed by atoms with Crippen LogP contribution in [-0.2, 0) is 17.8 Å². The predicted molar refractivity (Wildman–Crippen MR) is 121 cm³/mol. The largest absolute Gasteiger partial charge is 0.353 e. The first-order valence-corrected chi connectivity index (χ1v) is 11.0. The molecule has 1 amide bonds. The Morgan fingerprint density at radius 1 is 1.20 bits per heavy atom. The zero-order valence-electron chi connectivity index (χ0n) is 18.4. The van der Waals surface area contributed by atoms with Crippen LogP contribution in [0.25, 0.3) is 10.9 Å². The Balaban J connectivity index is 1.78. The Morgan fingerprint density at radius 2 is 2.03 bits per heavy atom. The minimum absolute atomic E-state index is 0.0807. The van der Waals surface area contributed by atoms with E-state index in [0.29, 0.717) is 12.3 Å². The van der Waals surface area contributed by atoms with Crippen molar-refractivity contribution in [1.82, 2.24) is 20.2 Å². The van der Waals surface area contributed by atoms with E-state index in [9.17, 15) is 4.79 Å². The summed E-state index contributed by atoms with van der Waals surface area (Å²) in [4.78, 5) is 17.5. The summed E-state index contributed by atoms with van der Waals surface area (Å²) >= 11 is 0. The Morgan fingerprint density at radius 3 is 2.73 bits per heavy atom. The second-order valence-corrected chi connectivity index (χ2v) is 9.11. The summed E-state index contributed by atoms with van der Waals surface area (Å²) < 4.78 is 2.28. The van der Waals surface area contributed by atoms with Crippen LogP contribution in [0.2, 0.25) is 0 Å². The third-order valence-corrected chi connectivity index (χ3v) is 5.73. The standard InChI is InChI=1S/C25H32N4O/c1-16(2)12-21-20-9-7-10-23-24(20)18(13-22(28-21)25(30)27-17(3)4)14-29(23)15-19-8-5-6-11-26-19/h5-11,14,16-17,21-22,28H,12-13,15H2,1-4H3,(H,27,30)/t21-,22-/m0/s1. The first-order valence-electron chi connectivity index (χ1n) is 11.0. The van der Waals surface area contributed by atoms with E-state index in [2.05, 4.69) is 64.5 Å². The lowest BCUT2D eigenvalue weighted by Gasteiger charge is -2.26. The summed E-state index contributed by atoms with van der Waals surface area (Å²) in [6.07, 6.45) is 5.74. The second kappa shape index (κ2) is 8.60. The van der Waals surface area contributed by atoms with Gasteiger partial charge in [-0.15, -0.1) is 0 Å². The van der Waals surface area contributed by atoms with Gasteiger partial charge in [-0.05, 0) is 61.9 Å². The van der Waals surface area contributed by atoms with E-state index in [1.807, 2.05) is 32.2 Å². The summed E-state index contributed by atoms with van der Waals surface area (Å²) in [5, 5.41) is 8.08. The highest BCUT2D eigenvalue weighted by Gasteiger charge is 2.31. The fraction of sp³-hybridized carbons (Fsp3) is 0.440. The molecular weight excluding hydrogens is 372 g/mol. The summed E-state index contributed by atoms with van der Waals surface area (Å²) in [5.74, 6) is 0.612. The zero-order chi connectivity index (χ0) is 21.3. The fourth-order valence-corrected chi connectivity index (χ4v) is 4.54. The highest BCUT2D eigenvalue weighted by Crippen LogP contribution is 2.36. The molecule has 2 atom stereocenters. The molecular formula is C25H32N4O. The molecule has 0 saturated carbocycles. The Labute approximate surface area is 178 Å². The van der Waals surface area contributed by atoms with Crippen molar-refractivity contribution < 1.29 is 4.79 Å². The van der Waals surface area contributed by atoms with E-state index in [1.165, 1.54) is 22.0 Å². The molecule has 0 fully saturated rings. The Hall–Kier alpha value is -2.66. The molecule has 0 saturated heterocycles. The maximum absolute atomic E-state index is 13.0. The molecule has 2 aromatic heterocycles. The Bertz CT molecular complexity index is 1020. The summed E-state index contributed by atoms with van der Waals surface area (Å²) in [6, 6.07) is 12.6. The quantitative estimate of drug-likeness (QED) is 0.647. The van der Waals surface area contributed by atoms with Gasteiger partial charge in [0.2, 0.25) is 5.91 Å². The van der Waals surface area contributed by atoms with Crippen LogP contribution in [0.1, 0.15) is 57.0 Å². The van der Waals surface area contributed by atoms with Crippen LogP contribution >= 0.6 is 0 Å². The molecule has 0 bridgehead atoms. The molecule has 1 aliphatic heterocycles. The van der Waals surface area contributed by atoms with Crippen LogP contribution in [0.4, 0.5) is 0 Å². The fourth-order valence-electron chi connectivity index (χ4n) is 4.54. The predicted octanol–water partition coefficient (Wildman–Crippen LogP) is 4.21. The maximum atomic E-state index is 13.0. The van der Waals surface area contributed by atoms with Gasteiger partial charge in [0.15, 0.2) is 0 Å². The number of hydrogen-bond acceptors (Lipinski definition) is 3. The zero-order valence-corrected chi connectivity index (χ0v) is 18.4. The van der Waals surface area contributed by atoms with Gasteiger partial charge in [-0.3, -0.25) is 15.1 Å². The molecule has 0 spiro atoms. The van der Waals surface area contributed by atoms with Gasteiger partial charge in [-0.25, -0.2) is 0 Å². The number of nitrogens with one attached hydrogen (secondary N) is 2. The highest BCUT2D eigenvalue weighted by molar-refractivity contribution is 5.90. The normalized spacial score (nSPS) is 18.7. The SMILES string of the molecule is CC(C)C[C@@H]1N[C@H](C(=O)NC(C)C)Cc2cn(Cc3ccccn3)c3cccc1c23. The van der Waals surface area contributed by atoms with Crippen LogP contribution in [-0.4, -0.2) is 27.5 Å². The molecule has 0 aliphatic carbocycles. The molecule has 3 aromatic rings. The van der Waals surface area contributed by atoms with E-state index < -0.39 is 0 Å². The first kappa shape index (κ1) is 20.6. The van der Waals surface area contributed by atoms with Gasteiger partial charge in [-0.1, -0.05) is 32.0 Å². The van der Waals surface area contributed by atoms with Crippen molar-refractivity contribution in [3.05, 3.63) is 65.6 Å². The number of carbonyl (C=O) groups excluding carboxylic acids is 1. The van der Waals surface area contributed by atoms with Crippen molar-refractivity contribution in [2.75, 3.05) is 0 Å². The van der Waals surface area contributed by atoms with Crippen LogP contribution in [0.5, 0.6) is 0 Å². The van der Waals surface area contributed by atoms with E-state index in [4.69, 9.17) is 0 Å². The molecule has 0 unspecified atom stereocenters. The molecule has 4 rings (SSSR count). The van der Waals surface area contributed by atoms with Crippen molar-refractivity contribution in [1.29, 1.82) is 0 Å². The summed E-state index contributed by atoms with van der Waals surface area (Å²) in [7, 11) is 0. The monoisotopic (exact) mass is 404 g/mol. The van der Waals surface area contributed by atoms with Gasteiger partial charge >= 0.3 is 0 Å². The number of rotatable bonds is 6. The van der Waals surface area contributed by atoms with Crippen LogP contribution < -0.4 is 10.6 Å². The number of hydrogen-bond donors (Lipinski definition) is 2. The minimum Gasteiger partial charge on any atom is -0.353 e. The van der Waals surface area contributed by atoms with Crippen LogP contribution in [0.15, 0.2) is 48.8 Å². The number of amides is 1. The van der Waals surface area contributed by atoms with Crippen molar-refractivity contribution in [2.24, 2.45) is 5.92 Å². The van der Waals surface area contributed by atoms with Gasteiger partial charge in [-0.2, -0.15) is 0 Å². The first-order chi connectivity index (χ1) is 14.4. The lowest BCUT2D eigenvalue weighted by Crippen LogP contribution is -2.48. The van der Waals surface area contributed by atoms with Crippen molar-refractivity contribution >= 4 is 16.8 Å².